The van der Waals surface area contributed by atoms with Crippen LogP contribution in [0.25, 0.3) is 99.9 Å². The van der Waals surface area contributed by atoms with E-state index in [9.17, 15) is 0 Å². The first-order chi connectivity index (χ1) is 31.2. The van der Waals surface area contributed by atoms with E-state index in [0.717, 1.165) is 83.0 Å². The molecule has 11 aromatic rings. The van der Waals surface area contributed by atoms with Crippen LogP contribution in [0.4, 0.5) is 0 Å². The number of hydrogen-bond acceptors (Lipinski definition) is 5. The van der Waals surface area contributed by atoms with E-state index in [2.05, 4.69) is 186 Å². The van der Waals surface area contributed by atoms with E-state index in [4.69, 9.17) is 24.9 Å². The molecule has 2 atom stereocenters. The van der Waals surface area contributed by atoms with Crippen molar-refractivity contribution in [1.82, 2.24) is 29.3 Å². The van der Waals surface area contributed by atoms with Crippen LogP contribution < -0.4 is 0 Å². The third kappa shape index (κ3) is 5.76. The van der Waals surface area contributed by atoms with Crippen LogP contribution in [0.15, 0.2) is 206 Å². The third-order valence-electron chi connectivity index (χ3n) is 12.8. The topological polar surface area (TPSA) is 68.9 Å². The molecule has 0 saturated carbocycles. The number of nitrogens with zero attached hydrogens (tertiary/aromatic N) is 6. The number of benzene rings is 7. The third-order valence-corrected chi connectivity index (χ3v) is 12.8. The summed E-state index contributed by atoms with van der Waals surface area (Å²) in [7, 11) is 0. The largest absolute Gasteiger partial charge is 0.284 e. The van der Waals surface area contributed by atoms with Crippen LogP contribution in [-0.4, -0.2) is 29.3 Å². The number of fused-ring (bicyclic) bond motifs is 11. The summed E-state index contributed by atoms with van der Waals surface area (Å²) in [5.41, 5.74) is 12.1. The first-order valence-corrected chi connectivity index (χ1v) is 21.4. The minimum Gasteiger partial charge on any atom is -0.284 e. The fraction of sp³-hybridized carbons (Fsp3) is 0.0351. The lowest BCUT2D eigenvalue weighted by molar-refractivity contribution is 0.687. The second-order valence-corrected chi connectivity index (χ2v) is 16.4. The van der Waals surface area contributed by atoms with Crippen LogP contribution in [0.5, 0.6) is 0 Å². The molecule has 0 N–H and O–H groups in total. The van der Waals surface area contributed by atoms with Crippen LogP contribution >= 0.6 is 0 Å². The molecule has 0 bridgehead atoms. The van der Waals surface area contributed by atoms with Gasteiger partial charge in [0, 0.05) is 51.1 Å². The highest BCUT2D eigenvalue weighted by atomic mass is 15.1. The van der Waals surface area contributed by atoms with Gasteiger partial charge < -0.3 is 0 Å². The molecule has 0 aliphatic heterocycles. The second-order valence-electron chi connectivity index (χ2n) is 16.4. The number of rotatable bonds is 5. The Balaban J connectivity index is 0.955. The maximum atomic E-state index is 5.38. The molecule has 0 spiro atoms. The molecule has 294 valence electrons. The summed E-state index contributed by atoms with van der Waals surface area (Å²) in [6.07, 6.45) is 13.3. The Bertz CT molecular complexity index is 3760. The number of aromatic nitrogens is 6. The zero-order valence-corrected chi connectivity index (χ0v) is 34.0. The van der Waals surface area contributed by atoms with Gasteiger partial charge in [-0.15, -0.1) is 0 Å². The van der Waals surface area contributed by atoms with Crippen LogP contribution in [0.3, 0.4) is 0 Å². The van der Waals surface area contributed by atoms with Crippen LogP contribution in [0.1, 0.15) is 22.9 Å². The van der Waals surface area contributed by atoms with Gasteiger partial charge in [-0.2, -0.15) is 0 Å². The maximum Gasteiger partial charge on any atom is 0.165 e. The average Bonchev–Trinajstić information content (AvgIpc) is 3.74. The Hall–Kier alpha value is -8.35. The van der Waals surface area contributed by atoms with Crippen molar-refractivity contribution in [3.63, 3.8) is 0 Å². The molecule has 6 nitrogen and oxygen atoms in total. The van der Waals surface area contributed by atoms with E-state index in [1.165, 1.54) is 16.3 Å². The fourth-order valence-corrected chi connectivity index (χ4v) is 9.80. The van der Waals surface area contributed by atoms with Gasteiger partial charge in [0.15, 0.2) is 23.1 Å². The molecule has 4 heterocycles. The van der Waals surface area contributed by atoms with Gasteiger partial charge in [-0.1, -0.05) is 176 Å². The standard InChI is InChI=1S/C57H36N6/c1-3-18-41-38(14-1)33-49(45-22-7-5-20-43(41)45)55-60-54(61-56(62-55)50-34-39-15-2-4-19-42(39)44-21-6-8-23-46(44)50)40-17-13-16-37(32-40)35-27-29-36(30-28-35)52-47-24-9-10-25-48(47)53-57(59-52)63-31-12-11-26-51(63)58-53/h1-34,38,41H. The quantitative estimate of drug-likeness (QED) is 0.162. The highest BCUT2D eigenvalue weighted by molar-refractivity contribution is 6.13. The van der Waals surface area contributed by atoms with Gasteiger partial charge in [-0.25, -0.2) is 24.9 Å². The number of pyridine rings is 2. The molecule has 0 fully saturated rings. The van der Waals surface area contributed by atoms with E-state index in [-0.39, 0.29) is 11.8 Å². The molecule has 13 rings (SSSR count). The molecule has 6 heteroatoms. The van der Waals surface area contributed by atoms with Crippen molar-refractivity contribution in [3.05, 3.63) is 223 Å². The van der Waals surface area contributed by atoms with Crippen molar-refractivity contribution in [2.75, 3.05) is 0 Å². The molecular formula is C57H36N6. The zero-order valence-electron chi connectivity index (χ0n) is 34.0. The van der Waals surface area contributed by atoms with Gasteiger partial charge in [0.1, 0.15) is 11.2 Å². The van der Waals surface area contributed by atoms with Gasteiger partial charge in [0.25, 0.3) is 0 Å². The predicted molar refractivity (Wildman–Crippen MR) is 256 cm³/mol. The Morgan fingerprint density at radius 2 is 1.13 bits per heavy atom. The number of imidazole rings is 1. The number of hydrogen-bond donors (Lipinski definition) is 0. The van der Waals surface area contributed by atoms with Crippen molar-refractivity contribution in [2.24, 2.45) is 5.92 Å². The maximum absolute atomic E-state index is 5.38. The van der Waals surface area contributed by atoms with Gasteiger partial charge in [-0.05, 0) is 68.1 Å². The smallest absolute Gasteiger partial charge is 0.165 e. The molecule has 4 aromatic heterocycles. The summed E-state index contributed by atoms with van der Waals surface area (Å²) in [6, 6.07) is 59.8. The lowest BCUT2D eigenvalue weighted by Gasteiger charge is -2.30. The summed E-state index contributed by atoms with van der Waals surface area (Å²) in [5, 5.41) is 6.79. The minimum absolute atomic E-state index is 0.200. The average molecular weight is 805 g/mol. The first-order valence-electron chi connectivity index (χ1n) is 21.4. The normalized spacial score (nSPS) is 15.6. The molecule has 2 aliphatic carbocycles. The summed E-state index contributed by atoms with van der Waals surface area (Å²) in [5.74, 6) is 2.41. The lowest BCUT2D eigenvalue weighted by Crippen LogP contribution is -2.17. The van der Waals surface area contributed by atoms with Gasteiger partial charge in [0.2, 0.25) is 0 Å². The highest BCUT2D eigenvalue weighted by Gasteiger charge is 2.30. The lowest BCUT2D eigenvalue weighted by atomic mass is 9.74. The molecule has 63 heavy (non-hydrogen) atoms. The van der Waals surface area contributed by atoms with Gasteiger partial charge in [0.05, 0.1) is 5.69 Å². The molecule has 2 aliphatic rings. The van der Waals surface area contributed by atoms with Crippen molar-refractivity contribution in [3.8, 4) is 45.2 Å². The van der Waals surface area contributed by atoms with E-state index in [1.54, 1.807) is 0 Å². The van der Waals surface area contributed by atoms with Crippen molar-refractivity contribution in [1.29, 1.82) is 0 Å². The van der Waals surface area contributed by atoms with Crippen LogP contribution in [-0.2, 0) is 0 Å². The summed E-state index contributed by atoms with van der Waals surface area (Å²) in [6.45, 7) is 0. The summed E-state index contributed by atoms with van der Waals surface area (Å²) in [4.78, 5) is 26.2. The molecule has 0 radical (unpaired) electrons. The number of allylic oxidation sites excluding steroid dienone is 5. The van der Waals surface area contributed by atoms with E-state index in [1.807, 2.05) is 24.4 Å². The Labute approximate surface area is 362 Å². The molecule has 2 unspecified atom stereocenters. The van der Waals surface area contributed by atoms with E-state index in [0.29, 0.717) is 17.5 Å². The molecule has 7 aromatic carbocycles. The second kappa shape index (κ2) is 14.1. The van der Waals surface area contributed by atoms with Gasteiger partial charge in [-0.3, -0.25) is 4.40 Å². The van der Waals surface area contributed by atoms with E-state index < -0.39 is 0 Å². The van der Waals surface area contributed by atoms with Crippen molar-refractivity contribution in [2.45, 2.75) is 5.92 Å². The monoisotopic (exact) mass is 804 g/mol. The summed E-state index contributed by atoms with van der Waals surface area (Å²) < 4.78 is 2.07. The molecule has 0 amide bonds. The van der Waals surface area contributed by atoms with Crippen LogP contribution in [0, 0.1) is 5.92 Å². The highest BCUT2D eigenvalue weighted by Crippen LogP contribution is 2.44. The minimum atomic E-state index is 0.200. The Kier molecular flexibility index (Phi) is 7.93. The fourth-order valence-electron chi connectivity index (χ4n) is 9.80. The zero-order chi connectivity index (χ0) is 41.4. The SMILES string of the molecule is C1=CC2C=C(c3nc(-c4cccc(-c5ccc(-c6nc7c(nc8ccccn87)c7ccccc67)cc5)c4)nc(-c4cc5ccccc5c5ccccc45)n3)c3ccccc3C2C=C1. The Morgan fingerprint density at radius 3 is 2.03 bits per heavy atom. The molecular weight excluding hydrogens is 769 g/mol. The van der Waals surface area contributed by atoms with Crippen molar-refractivity contribution >= 4 is 54.7 Å². The Morgan fingerprint density at radius 1 is 0.429 bits per heavy atom. The van der Waals surface area contributed by atoms with E-state index >= 15 is 0 Å². The predicted octanol–water partition coefficient (Wildman–Crippen LogP) is 13.5. The first kappa shape index (κ1) is 35.4. The summed E-state index contributed by atoms with van der Waals surface area (Å²) >= 11 is 0. The molecule has 0 saturated heterocycles. The van der Waals surface area contributed by atoms with Gasteiger partial charge >= 0.3 is 0 Å². The van der Waals surface area contributed by atoms with Crippen LogP contribution in [0.2, 0.25) is 0 Å². The van der Waals surface area contributed by atoms with Crippen molar-refractivity contribution < 1.29 is 0 Å².